The third-order valence-corrected chi connectivity index (χ3v) is 3.04. The molecular formula is C14H12F2N2S. The summed E-state index contributed by atoms with van der Waals surface area (Å²) in [6, 6.07) is 10.6. The lowest BCUT2D eigenvalue weighted by atomic mass is 10.1. The summed E-state index contributed by atoms with van der Waals surface area (Å²) in [5.41, 5.74) is 6.43. The molecule has 0 atom stereocenters. The van der Waals surface area contributed by atoms with E-state index in [2.05, 4.69) is 0 Å². The predicted molar refractivity (Wildman–Crippen MR) is 76.8 cm³/mol. The van der Waals surface area contributed by atoms with E-state index < -0.39 is 11.6 Å². The standard InChI is InChI=1S/C14H12F2N2S/c1-18(12-5-3-2-4-10(12)15)13-7-6-9(14(17)19)8-11(13)16/h2-8H,1H3,(H2,17,19). The quantitative estimate of drug-likeness (QED) is 0.873. The fourth-order valence-corrected chi connectivity index (χ4v) is 1.91. The molecular weight excluding hydrogens is 266 g/mol. The first-order chi connectivity index (χ1) is 9.00. The van der Waals surface area contributed by atoms with Crippen LogP contribution in [0.25, 0.3) is 0 Å². The molecule has 0 saturated heterocycles. The molecule has 5 heteroatoms. The summed E-state index contributed by atoms with van der Waals surface area (Å²) < 4.78 is 27.7. The summed E-state index contributed by atoms with van der Waals surface area (Å²) in [7, 11) is 1.59. The Labute approximate surface area is 115 Å². The molecule has 0 unspecified atom stereocenters. The maximum absolute atomic E-state index is 14.0. The van der Waals surface area contributed by atoms with Crippen LogP contribution in [-0.2, 0) is 0 Å². The minimum Gasteiger partial charge on any atom is -0.389 e. The smallest absolute Gasteiger partial charge is 0.147 e. The van der Waals surface area contributed by atoms with Crippen molar-refractivity contribution in [2.45, 2.75) is 0 Å². The van der Waals surface area contributed by atoms with E-state index in [-0.39, 0.29) is 10.7 Å². The van der Waals surface area contributed by atoms with Gasteiger partial charge in [0.1, 0.15) is 16.6 Å². The third-order valence-electron chi connectivity index (χ3n) is 2.81. The lowest BCUT2D eigenvalue weighted by Gasteiger charge is -2.21. The Kier molecular flexibility index (Phi) is 3.76. The Hall–Kier alpha value is -2.01. The zero-order valence-electron chi connectivity index (χ0n) is 10.2. The summed E-state index contributed by atoms with van der Waals surface area (Å²) in [5, 5.41) is 0. The van der Waals surface area contributed by atoms with Gasteiger partial charge in [0.25, 0.3) is 0 Å². The number of rotatable bonds is 3. The topological polar surface area (TPSA) is 29.3 Å². The summed E-state index contributed by atoms with van der Waals surface area (Å²) in [6.07, 6.45) is 0. The van der Waals surface area contributed by atoms with E-state index in [0.29, 0.717) is 11.3 Å². The van der Waals surface area contributed by atoms with Crippen LogP contribution in [-0.4, -0.2) is 12.0 Å². The molecule has 0 bridgehead atoms. The maximum Gasteiger partial charge on any atom is 0.147 e. The Balaban J connectivity index is 2.42. The largest absolute Gasteiger partial charge is 0.389 e. The maximum atomic E-state index is 14.0. The fourth-order valence-electron chi connectivity index (χ4n) is 1.79. The first kappa shape index (κ1) is 13.4. The normalized spacial score (nSPS) is 10.3. The average molecular weight is 278 g/mol. The summed E-state index contributed by atoms with van der Waals surface area (Å²) in [6.45, 7) is 0. The zero-order chi connectivity index (χ0) is 14.0. The molecule has 0 spiro atoms. The molecule has 0 saturated carbocycles. The fraction of sp³-hybridized carbons (Fsp3) is 0.0714. The van der Waals surface area contributed by atoms with Gasteiger partial charge >= 0.3 is 0 Å². The Morgan fingerprint density at radius 3 is 2.26 bits per heavy atom. The van der Waals surface area contributed by atoms with Gasteiger partial charge in [0.05, 0.1) is 11.4 Å². The van der Waals surface area contributed by atoms with Crippen molar-refractivity contribution in [3.05, 3.63) is 59.7 Å². The van der Waals surface area contributed by atoms with Gasteiger partial charge in [-0.2, -0.15) is 0 Å². The van der Waals surface area contributed by atoms with Crippen molar-refractivity contribution in [1.82, 2.24) is 0 Å². The SMILES string of the molecule is CN(c1ccccc1F)c1ccc(C(N)=S)cc1F. The monoisotopic (exact) mass is 278 g/mol. The molecule has 0 aliphatic carbocycles. The minimum absolute atomic E-state index is 0.124. The number of anilines is 2. The van der Waals surface area contributed by atoms with Crippen LogP contribution in [0.2, 0.25) is 0 Å². The second-order valence-electron chi connectivity index (χ2n) is 4.04. The first-order valence-corrected chi connectivity index (χ1v) is 5.99. The molecule has 2 aromatic rings. The highest BCUT2D eigenvalue weighted by Gasteiger charge is 2.13. The van der Waals surface area contributed by atoms with Gasteiger partial charge in [-0.05, 0) is 30.3 Å². The summed E-state index contributed by atoms with van der Waals surface area (Å²) in [5.74, 6) is -0.918. The Bertz CT molecular complexity index is 629. The molecule has 0 aliphatic rings. The van der Waals surface area contributed by atoms with E-state index in [4.69, 9.17) is 18.0 Å². The van der Waals surface area contributed by atoms with E-state index in [1.807, 2.05) is 0 Å². The molecule has 0 amide bonds. The van der Waals surface area contributed by atoms with Crippen molar-refractivity contribution in [1.29, 1.82) is 0 Å². The average Bonchev–Trinajstić information content (AvgIpc) is 2.38. The third kappa shape index (κ3) is 2.71. The van der Waals surface area contributed by atoms with Gasteiger partial charge in [-0.3, -0.25) is 0 Å². The lowest BCUT2D eigenvalue weighted by Crippen LogP contribution is -2.15. The van der Waals surface area contributed by atoms with Gasteiger partial charge in [0.2, 0.25) is 0 Å². The number of para-hydroxylation sites is 1. The van der Waals surface area contributed by atoms with Crippen molar-refractivity contribution in [2.24, 2.45) is 5.73 Å². The van der Waals surface area contributed by atoms with E-state index >= 15 is 0 Å². The van der Waals surface area contributed by atoms with Crippen LogP contribution in [0.5, 0.6) is 0 Å². The number of thiocarbonyl (C=S) groups is 1. The van der Waals surface area contributed by atoms with E-state index in [1.165, 1.54) is 23.1 Å². The molecule has 2 rings (SSSR count). The molecule has 98 valence electrons. The van der Waals surface area contributed by atoms with Crippen molar-refractivity contribution >= 4 is 28.6 Å². The van der Waals surface area contributed by atoms with Crippen LogP contribution in [0.4, 0.5) is 20.2 Å². The Morgan fingerprint density at radius 1 is 1.05 bits per heavy atom. The Morgan fingerprint density at radius 2 is 1.68 bits per heavy atom. The van der Waals surface area contributed by atoms with Gasteiger partial charge in [-0.15, -0.1) is 0 Å². The van der Waals surface area contributed by atoms with E-state index in [0.717, 1.165) is 0 Å². The number of hydrogen-bond acceptors (Lipinski definition) is 2. The van der Waals surface area contributed by atoms with Gasteiger partial charge < -0.3 is 10.6 Å². The predicted octanol–water partition coefficient (Wildman–Crippen LogP) is 3.37. The second kappa shape index (κ2) is 5.32. The second-order valence-corrected chi connectivity index (χ2v) is 4.48. The van der Waals surface area contributed by atoms with Crippen LogP contribution in [0.1, 0.15) is 5.56 Å². The molecule has 2 aromatic carbocycles. The van der Waals surface area contributed by atoms with Gasteiger partial charge in [-0.1, -0.05) is 24.4 Å². The molecule has 19 heavy (non-hydrogen) atoms. The highest BCUT2D eigenvalue weighted by molar-refractivity contribution is 7.80. The zero-order valence-corrected chi connectivity index (χ0v) is 11.0. The van der Waals surface area contributed by atoms with E-state index in [1.54, 1.807) is 31.3 Å². The minimum atomic E-state index is -0.504. The summed E-state index contributed by atoms with van der Waals surface area (Å²) >= 11 is 4.78. The molecule has 0 aliphatic heterocycles. The highest BCUT2D eigenvalue weighted by Crippen LogP contribution is 2.28. The molecule has 2 nitrogen and oxygen atoms in total. The highest BCUT2D eigenvalue weighted by atomic mass is 32.1. The number of nitrogens with two attached hydrogens (primary N) is 1. The number of nitrogens with zero attached hydrogens (tertiary/aromatic N) is 1. The van der Waals surface area contributed by atoms with Crippen molar-refractivity contribution in [3.63, 3.8) is 0 Å². The first-order valence-electron chi connectivity index (χ1n) is 5.58. The molecule has 0 heterocycles. The molecule has 2 N–H and O–H groups in total. The van der Waals surface area contributed by atoms with Crippen molar-refractivity contribution in [2.75, 3.05) is 11.9 Å². The van der Waals surface area contributed by atoms with Crippen LogP contribution in [0.3, 0.4) is 0 Å². The van der Waals surface area contributed by atoms with Gasteiger partial charge in [0, 0.05) is 12.6 Å². The molecule has 0 aromatic heterocycles. The molecule has 0 radical (unpaired) electrons. The van der Waals surface area contributed by atoms with Gasteiger partial charge in [0.15, 0.2) is 0 Å². The van der Waals surface area contributed by atoms with Crippen LogP contribution in [0.15, 0.2) is 42.5 Å². The van der Waals surface area contributed by atoms with Crippen LogP contribution >= 0.6 is 12.2 Å². The van der Waals surface area contributed by atoms with Crippen LogP contribution in [0, 0.1) is 11.6 Å². The van der Waals surface area contributed by atoms with Crippen molar-refractivity contribution in [3.8, 4) is 0 Å². The van der Waals surface area contributed by atoms with Crippen molar-refractivity contribution < 1.29 is 8.78 Å². The van der Waals surface area contributed by atoms with Gasteiger partial charge in [-0.25, -0.2) is 8.78 Å². The molecule has 0 fully saturated rings. The number of benzene rings is 2. The van der Waals surface area contributed by atoms with E-state index in [9.17, 15) is 8.78 Å². The number of hydrogen-bond donors (Lipinski definition) is 1. The summed E-state index contributed by atoms with van der Waals surface area (Å²) in [4.78, 5) is 1.56. The number of halogens is 2. The van der Waals surface area contributed by atoms with Crippen LogP contribution < -0.4 is 10.6 Å². The lowest BCUT2D eigenvalue weighted by molar-refractivity contribution is 0.617.